The summed E-state index contributed by atoms with van der Waals surface area (Å²) >= 11 is 0. The van der Waals surface area contributed by atoms with Crippen molar-refractivity contribution < 1.29 is 14.3 Å². The highest BCUT2D eigenvalue weighted by atomic mass is 16.5. The van der Waals surface area contributed by atoms with Crippen LogP contribution in [0.5, 0.6) is 0 Å². The maximum atomic E-state index is 12.3. The standard InChI is InChI=1S/C16H23N3O3/c1-4-15(20)17-13-5-7-14(8-6-13)18-16(21)19-9-11(2)22-12(3)10-19/h5-8,11-12H,4,9-10H2,1-3H3,(H,17,20)(H,18,21)/t11-,12-/m0/s1. The number of carbonyl (C=O) groups excluding carboxylic acids is 2. The average Bonchev–Trinajstić information content (AvgIpc) is 2.48. The summed E-state index contributed by atoms with van der Waals surface area (Å²) in [6.45, 7) is 6.89. The lowest BCUT2D eigenvalue weighted by Gasteiger charge is -2.35. The Morgan fingerprint density at radius 2 is 1.59 bits per heavy atom. The van der Waals surface area contributed by atoms with E-state index in [0.29, 0.717) is 25.2 Å². The third kappa shape index (κ3) is 4.46. The Bertz CT molecular complexity index is 520. The van der Waals surface area contributed by atoms with Crippen molar-refractivity contribution in [2.75, 3.05) is 23.7 Å². The number of morpholine rings is 1. The lowest BCUT2D eigenvalue weighted by Crippen LogP contribution is -2.49. The molecule has 1 aromatic carbocycles. The minimum absolute atomic E-state index is 0.0342. The molecule has 120 valence electrons. The van der Waals surface area contributed by atoms with Crippen LogP contribution in [-0.4, -0.2) is 42.1 Å². The number of hydrogen-bond acceptors (Lipinski definition) is 3. The number of anilines is 2. The van der Waals surface area contributed by atoms with Crippen LogP contribution < -0.4 is 10.6 Å². The van der Waals surface area contributed by atoms with Crippen molar-refractivity contribution in [3.05, 3.63) is 24.3 Å². The van der Waals surface area contributed by atoms with Crippen LogP contribution >= 0.6 is 0 Å². The fourth-order valence-corrected chi connectivity index (χ4v) is 2.43. The van der Waals surface area contributed by atoms with Crippen LogP contribution in [0.4, 0.5) is 16.2 Å². The van der Waals surface area contributed by atoms with Crippen molar-refractivity contribution in [3.63, 3.8) is 0 Å². The van der Waals surface area contributed by atoms with Crippen LogP contribution in [0.25, 0.3) is 0 Å². The topological polar surface area (TPSA) is 70.7 Å². The fraction of sp³-hybridized carbons (Fsp3) is 0.500. The van der Waals surface area contributed by atoms with Gasteiger partial charge < -0.3 is 20.3 Å². The van der Waals surface area contributed by atoms with E-state index in [1.807, 2.05) is 13.8 Å². The largest absolute Gasteiger partial charge is 0.372 e. The SMILES string of the molecule is CCC(=O)Nc1ccc(NC(=O)N2C[C@H](C)O[C@@H](C)C2)cc1. The minimum atomic E-state index is -0.132. The summed E-state index contributed by atoms with van der Waals surface area (Å²) in [7, 11) is 0. The molecule has 0 spiro atoms. The summed E-state index contributed by atoms with van der Waals surface area (Å²) in [5.74, 6) is -0.0342. The molecule has 2 atom stereocenters. The van der Waals surface area contributed by atoms with Gasteiger partial charge in [-0.3, -0.25) is 4.79 Å². The van der Waals surface area contributed by atoms with Gasteiger partial charge in [-0.25, -0.2) is 4.79 Å². The van der Waals surface area contributed by atoms with Gasteiger partial charge in [-0.1, -0.05) is 6.92 Å². The molecule has 1 heterocycles. The molecule has 1 aliphatic rings. The molecule has 0 radical (unpaired) electrons. The van der Waals surface area contributed by atoms with Gasteiger partial charge in [0.25, 0.3) is 0 Å². The second-order valence-electron chi connectivity index (χ2n) is 5.57. The highest BCUT2D eigenvalue weighted by Gasteiger charge is 2.25. The van der Waals surface area contributed by atoms with Gasteiger partial charge >= 0.3 is 6.03 Å². The summed E-state index contributed by atoms with van der Waals surface area (Å²) in [6.07, 6.45) is 0.522. The number of benzene rings is 1. The molecule has 0 unspecified atom stereocenters. The highest BCUT2D eigenvalue weighted by molar-refractivity contribution is 5.92. The van der Waals surface area contributed by atoms with E-state index < -0.39 is 0 Å². The molecule has 3 amide bonds. The van der Waals surface area contributed by atoms with Gasteiger partial charge in [-0.05, 0) is 38.1 Å². The first-order chi connectivity index (χ1) is 10.5. The summed E-state index contributed by atoms with van der Waals surface area (Å²) in [5, 5.41) is 5.63. The van der Waals surface area contributed by atoms with Gasteiger partial charge in [0.05, 0.1) is 12.2 Å². The Labute approximate surface area is 130 Å². The molecule has 0 saturated carbocycles. The van der Waals surface area contributed by atoms with E-state index in [1.54, 1.807) is 36.1 Å². The molecule has 6 heteroatoms. The summed E-state index contributed by atoms with van der Waals surface area (Å²) in [5.41, 5.74) is 1.42. The minimum Gasteiger partial charge on any atom is -0.372 e. The lowest BCUT2D eigenvalue weighted by atomic mass is 10.2. The van der Waals surface area contributed by atoms with Crippen molar-refractivity contribution >= 4 is 23.3 Å². The van der Waals surface area contributed by atoms with E-state index >= 15 is 0 Å². The van der Waals surface area contributed by atoms with Crippen molar-refractivity contribution in [2.24, 2.45) is 0 Å². The third-order valence-corrected chi connectivity index (χ3v) is 3.45. The highest BCUT2D eigenvalue weighted by Crippen LogP contribution is 2.16. The van der Waals surface area contributed by atoms with Crippen molar-refractivity contribution in [1.82, 2.24) is 4.90 Å². The molecule has 1 aliphatic heterocycles. The van der Waals surface area contributed by atoms with E-state index in [9.17, 15) is 9.59 Å². The van der Waals surface area contributed by atoms with Gasteiger partial charge in [0.2, 0.25) is 5.91 Å². The van der Waals surface area contributed by atoms with E-state index in [4.69, 9.17) is 4.74 Å². The number of nitrogens with one attached hydrogen (secondary N) is 2. The van der Waals surface area contributed by atoms with Crippen LogP contribution in [-0.2, 0) is 9.53 Å². The van der Waals surface area contributed by atoms with E-state index in [0.717, 1.165) is 5.69 Å². The third-order valence-electron chi connectivity index (χ3n) is 3.45. The van der Waals surface area contributed by atoms with E-state index in [2.05, 4.69) is 10.6 Å². The lowest BCUT2D eigenvalue weighted by molar-refractivity contribution is -0.115. The van der Waals surface area contributed by atoms with Crippen molar-refractivity contribution in [3.8, 4) is 0 Å². The van der Waals surface area contributed by atoms with Crippen molar-refractivity contribution in [2.45, 2.75) is 39.4 Å². The monoisotopic (exact) mass is 305 g/mol. The Morgan fingerprint density at radius 3 is 2.09 bits per heavy atom. The van der Waals surface area contributed by atoms with Gasteiger partial charge in [-0.15, -0.1) is 0 Å². The molecule has 6 nitrogen and oxygen atoms in total. The van der Waals surface area contributed by atoms with Crippen LogP contribution in [0.1, 0.15) is 27.2 Å². The zero-order valence-electron chi connectivity index (χ0n) is 13.3. The Kier molecular flexibility index (Phi) is 5.38. The Morgan fingerprint density at radius 1 is 1.09 bits per heavy atom. The molecule has 22 heavy (non-hydrogen) atoms. The predicted octanol–water partition coefficient (Wildman–Crippen LogP) is 2.68. The first kappa shape index (κ1) is 16.3. The van der Waals surface area contributed by atoms with Crippen LogP contribution in [0.15, 0.2) is 24.3 Å². The predicted molar refractivity (Wildman–Crippen MR) is 86.0 cm³/mol. The number of hydrogen-bond donors (Lipinski definition) is 2. The summed E-state index contributed by atoms with van der Waals surface area (Å²) in [4.78, 5) is 25.3. The molecule has 0 bridgehead atoms. The van der Waals surface area contributed by atoms with Gasteiger partial charge in [0.15, 0.2) is 0 Å². The first-order valence-electron chi connectivity index (χ1n) is 7.59. The molecule has 1 saturated heterocycles. The molecular formula is C16H23N3O3. The Hall–Kier alpha value is -2.08. The summed E-state index contributed by atoms with van der Waals surface area (Å²) in [6, 6.07) is 6.96. The maximum absolute atomic E-state index is 12.3. The molecule has 0 aromatic heterocycles. The number of nitrogens with zero attached hydrogens (tertiary/aromatic N) is 1. The number of urea groups is 1. The molecule has 2 N–H and O–H groups in total. The Balaban J connectivity index is 1.92. The van der Waals surface area contributed by atoms with Crippen LogP contribution in [0.2, 0.25) is 0 Å². The number of ether oxygens (including phenoxy) is 1. The van der Waals surface area contributed by atoms with Gasteiger partial charge in [0, 0.05) is 30.9 Å². The fourth-order valence-electron chi connectivity index (χ4n) is 2.43. The zero-order valence-corrected chi connectivity index (χ0v) is 13.3. The second kappa shape index (κ2) is 7.26. The molecule has 1 aromatic rings. The number of amides is 3. The zero-order chi connectivity index (χ0) is 16.1. The molecule has 2 rings (SSSR count). The normalized spacial score (nSPS) is 21.3. The van der Waals surface area contributed by atoms with Crippen molar-refractivity contribution in [1.29, 1.82) is 0 Å². The number of rotatable bonds is 3. The molecular weight excluding hydrogens is 282 g/mol. The van der Waals surface area contributed by atoms with Crippen LogP contribution in [0, 0.1) is 0 Å². The molecule has 1 fully saturated rings. The first-order valence-corrected chi connectivity index (χ1v) is 7.59. The second-order valence-corrected chi connectivity index (χ2v) is 5.57. The van der Waals surface area contributed by atoms with Gasteiger partial charge in [-0.2, -0.15) is 0 Å². The van der Waals surface area contributed by atoms with E-state index in [1.165, 1.54) is 0 Å². The average molecular weight is 305 g/mol. The maximum Gasteiger partial charge on any atom is 0.322 e. The number of carbonyl (C=O) groups is 2. The van der Waals surface area contributed by atoms with Gasteiger partial charge in [0.1, 0.15) is 0 Å². The quantitative estimate of drug-likeness (QED) is 0.902. The molecule has 0 aliphatic carbocycles. The van der Waals surface area contributed by atoms with E-state index in [-0.39, 0.29) is 24.1 Å². The van der Waals surface area contributed by atoms with Crippen LogP contribution in [0.3, 0.4) is 0 Å². The summed E-state index contributed by atoms with van der Waals surface area (Å²) < 4.78 is 5.62. The smallest absolute Gasteiger partial charge is 0.322 e.